The van der Waals surface area contributed by atoms with Crippen LogP contribution in [0.25, 0.3) is 55.7 Å². The van der Waals surface area contributed by atoms with E-state index < -0.39 is 0 Å². The van der Waals surface area contributed by atoms with Gasteiger partial charge in [0, 0.05) is 41.3 Å². The Balaban J connectivity index is 1.40. The van der Waals surface area contributed by atoms with Crippen LogP contribution in [0.4, 0.5) is 4.39 Å². The van der Waals surface area contributed by atoms with Crippen molar-refractivity contribution >= 4 is 21.9 Å². The van der Waals surface area contributed by atoms with Gasteiger partial charge in [0.1, 0.15) is 35.3 Å². The van der Waals surface area contributed by atoms with Gasteiger partial charge in [0.25, 0.3) is 0 Å². The summed E-state index contributed by atoms with van der Waals surface area (Å²) in [5, 5.41) is 9.35. The number of fused-ring (bicyclic) bond motifs is 2. The molecule has 0 aliphatic carbocycles. The van der Waals surface area contributed by atoms with Gasteiger partial charge in [-0.05, 0) is 61.6 Å². The van der Waals surface area contributed by atoms with Crippen molar-refractivity contribution in [1.82, 2.24) is 35.0 Å². The SMILES string of the molecule is COc1cncc(-c2cc3c(-c4cc5c(-c6cc(F)cc(OCCN(C)C)c6)ccnc5[nH]4)n[nH]c3cn2)c1. The topological polar surface area (TPSA) is 105 Å². The third kappa shape index (κ3) is 4.89. The molecule has 9 nitrogen and oxygen atoms in total. The minimum atomic E-state index is -0.363. The van der Waals surface area contributed by atoms with E-state index in [1.165, 1.54) is 12.1 Å². The number of aromatic amines is 2. The molecular formula is C29H26FN7O2. The zero-order valence-corrected chi connectivity index (χ0v) is 21.7. The highest BCUT2D eigenvalue weighted by Gasteiger charge is 2.16. The van der Waals surface area contributed by atoms with Crippen LogP contribution in [-0.2, 0) is 0 Å². The molecule has 6 aromatic rings. The van der Waals surface area contributed by atoms with E-state index in [1.54, 1.807) is 31.9 Å². The first-order chi connectivity index (χ1) is 19.0. The Labute approximate surface area is 223 Å². The molecule has 0 spiro atoms. The largest absolute Gasteiger partial charge is 0.495 e. The second kappa shape index (κ2) is 10.1. The van der Waals surface area contributed by atoms with Crippen molar-refractivity contribution in [3.63, 3.8) is 0 Å². The van der Waals surface area contributed by atoms with Crippen molar-refractivity contribution in [1.29, 1.82) is 0 Å². The fourth-order valence-electron chi connectivity index (χ4n) is 4.50. The molecule has 196 valence electrons. The number of nitrogens with zero attached hydrogens (tertiary/aromatic N) is 5. The van der Waals surface area contributed by atoms with Crippen molar-refractivity contribution < 1.29 is 13.9 Å². The molecular weight excluding hydrogens is 497 g/mol. The maximum atomic E-state index is 14.6. The summed E-state index contributed by atoms with van der Waals surface area (Å²) in [5.74, 6) is 0.774. The normalized spacial score (nSPS) is 11.5. The van der Waals surface area contributed by atoms with Crippen LogP contribution >= 0.6 is 0 Å². The molecule has 0 saturated heterocycles. The summed E-state index contributed by atoms with van der Waals surface area (Å²) in [5.41, 5.74) is 6.08. The van der Waals surface area contributed by atoms with Gasteiger partial charge < -0.3 is 19.4 Å². The second-order valence-electron chi connectivity index (χ2n) is 9.43. The average Bonchev–Trinajstić information content (AvgIpc) is 3.56. The Bertz CT molecular complexity index is 1790. The van der Waals surface area contributed by atoms with Crippen LogP contribution in [0.5, 0.6) is 11.5 Å². The lowest BCUT2D eigenvalue weighted by Gasteiger charge is -2.12. The van der Waals surface area contributed by atoms with Crippen molar-refractivity contribution in [3.8, 4) is 45.3 Å². The summed E-state index contributed by atoms with van der Waals surface area (Å²) in [6.07, 6.45) is 6.85. The molecule has 0 aliphatic rings. The Kier molecular flexibility index (Phi) is 6.37. The van der Waals surface area contributed by atoms with Gasteiger partial charge >= 0.3 is 0 Å². The molecule has 0 fully saturated rings. The van der Waals surface area contributed by atoms with Gasteiger partial charge in [-0.2, -0.15) is 5.10 Å². The molecule has 0 aliphatic heterocycles. The second-order valence-corrected chi connectivity index (χ2v) is 9.43. The first-order valence-corrected chi connectivity index (χ1v) is 12.4. The fourth-order valence-corrected chi connectivity index (χ4v) is 4.50. The van der Waals surface area contributed by atoms with Gasteiger partial charge in [-0.25, -0.2) is 9.37 Å². The van der Waals surface area contributed by atoms with E-state index in [4.69, 9.17) is 9.47 Å². The molecule has 0 bridgehead atoms. The van der Waals surface area contributed by atoms with Gasteiger partial charge in [-0.3, -0.25) is 15.1 Å². The van der Waals surface area contributed by atoms with E-state index in [0.717, 1.165) is 51.0 Å². The molecule has 6 rings (SSSR count). The number of hydrogen-bond acceptors (Lipinski definition) is 7. The Morgan fingerprint density at radius 1 is 0.923 bits per heavy atom. The van der Waals surface area contributed by atoms with Crippen LogP contribution in [0.3, 0.4) is 0 Å². The van der Waals surface area contributed by atoms with Crippen LogP contribution in [0.2, 0.25) is 0 Å². The summed E-state index contributed by atoms with van der Waals surface area (Å²) < 4.78 is 25.7. The Morgan fingerprint density at radius 3 is 2.64 bits per heavy atom. The number of benzene rings is 1. The van der Waals surface area contributed by atoms with E-state index in [0.29, 0.717) is 29.3 Å². The molecule has 5 aromatic heterocycles. The van der Waals surface area contributed by atoms with E-state index in [-0.39, 0.29) is 5.82 Å². The predicted octanol–water partition coefficient (Wildman–Crippen LogP) is 5.32. The highest BCUT2D eigenvalue weighted by Crippen LogP contribution is 2.35. The number of nitrogens with one attached hydrogen (secondary N) is 2. The number of halogens is 1. The third-order valence-corrected chi connectivity index (χ3v) is 6.47. The van der Waals surface area contributed by atoms with Crippen LogP contribution in [-0.4, -0.2) is 69.4 Å². The summed E-state index contributed by atoms with van der Waals surface area (Å²) in [4.78, 5) is 18.7. The number of rotatable bonds is 8. The van der Waals surface area contributed by atoms with E-state index in [1.807, 2.05) is 49.3 Å². The molecule has 39 heavy (non-hydrogen) atoms. The summed E-state index contributed by atoms with van der Waals surface area (Å²) in [7, 11) is 5.54. The number of likely N-dealkylation sites (N-methyl/N-ethyl adjacent to an activating group) is 1. The van der Waals surface area contributed by atoms with E-state index >= 15 is 0 Å². The molecule has 2 N–H and O–H groups in total. The van der Waals surface area contributed by atoms with Crippen LogP contribution in [0.1, 0.15) is 0 Å². The van der Waals surface area contributed by atoms with Crippen molar-refractivity contribution in [2.45, 2.75) is 0 Å². The zero-order valence-electron chi connectivity index (χ0n) is 21.7. The van der Waals surface area contributed by atoms with Gasteiger partial charge in [-0.15, -0.1) is 0 Å². The van der Waals surface area contributed by atoms with Crippen molar-refractivity contribution in [2.24, 2.45) is 0 Å². The highest BCUT2D eigenvalue weighted by atomic mass is 19.1. The minimum Gasteiger partial charge on any atom is -0.495 e. The van der Waals surface area contributed by atoms with Gasteiger partial charge in [0.2, 0.25) is 0 Å². The zero-order chi connectivity index (χ0) is 26.9. The summed E-state index contributed by atoms with van der Waals surface area (Å²) >= 11 is 0. The highest BCUT2D eigenvalue weighted by molar-refractivity contribution is 6.00. The lowest BCUT2D eigenvalue weighted by molar-refractivity contribution is 0.260. The number of methoxy groups -OCH3 is 1. The van der Waals surface area contributed by atoms with Gasteiger partial charge in [0.15, 0.2) is 0 Å². The Morgan fingerprint density at radius 2 is 1.79 bits per heavy atom. The maximum absolute atomic E-state index is 14.6. The summed E-state index contributed by atoms with van der Waals surface area (Å²) in [6, 6.07) is 12.5. The van der Waals surface area contributed by atoms with Crippen LogP contribution < -0.4 is 9.47 Å². The van der Waals surface area contributed by atoms with Crippen LogP contribution in [0, 0.1) is 5.82 Å². The first-order valence-electron chi connectivity index (χ1n) is 12.4. The number of aromatic nitrogens is 6. The van der Waals surface area contributed by atoms with Crippen LogP contribution in [0.15, 0.2) is 67.3 Å². The smallest absolute Gasteiger partial charge is 0.138 e. The molecule has 0 saturated carbocycles. The quantitative estimate of drug-likeness (QED) is 0.278. The fraction of sp³-hybridized carbons (Fsp3) is 0.172. The molecule has 5 heterocycles. The maximum Gasteiger partial charge on any atom is 0.138 e. The molecule has 0 atom stereocenters. The molecule has 1 aromatic carbocycles. The van der Waals surface area contributed by atoms with Gasteiger partial charge in [-0.1, -0.05) is 0 Å². The lowest BCUT2D eigenvalue weighted by Crippen LogP contribution is -2.19. The number of ether oxygens (including phenoxy) is 2. The average molecular weight is 524 g/mol. The lowest BCUT2D eigenvalue weighted by atomic mass is 10.0. The summed E-state index contributed by atoms with van der Waals surface area (Å²) in [6.45, 7) is 1.19. The monoisotopic (exact) mass is 523 g/mol. The first kappa shape index (κ1) is 24.5. The van der Waals surface area contributed by atoms with E-state index in [9.17, 15) is 4.39 Å². The molecule has 0 amide bonds. The number of hydrogen-bond donors (Lipinski definition) is 2. The molecule has 0 radical (unpaired) electrons. The molecule has 0 unspecified atom stereocenters. The van der Waals surface area contributed by atoms with E-state index in [2.05, 4.69) is 30.1 Å². The minimum absolute atomic E-state index is 0.363. The van der Waals surface area contributed by atoms with Gasteiger partial charge in [0.05, 0.1) is 36.4 Å². The van der Waals surface area contributed by atoms with Crippen molar-refractivity contribution in [3.05, 3.63) is 73.1 Å². The standard InChI is InChI=1S/C29H26FN7O2/c1-37(2)6-7-39-20-9-17(8-19(30)11-20)22-4-5-32-29-23(22)12-26(34-29)28-24-13-25(33-16-27(24)35-36-28)18-10-21(38-3)15-31-14-18/h4-5,8-16H,6-7H2,1-3H3,(H,32,34)(H,35,36). The number of H-pyrrole nitrogens is 2. The Hall–Kier alpha value is -4.83. The van der Waals surface area contributed by atoms with Crippen molar-refractivity contribution in [2.75, 3.05) is 34.4 Å². The predicted molar refractivity (Wildman–Crippen MR) is 148 cm³/mol. The molecule has 10 heteroatoms. The number of pyridine rings is 3. The third-order valence-electron chi connectivity index (χ3n) is 6.47.